The maximum Gasteiger partial charge on any atom is 0.325 e. The molecule has 2 amide bonds. The summed E-state index contributed by atoms with van der Waals surface area (Å²) in [7, 11) is 0. The number of aromatic nitrogens is 1. The highest BCUT2D eigenvalue weighted by molar-refractivity contribution is 7.22. The zero-order chi connectivity index (χ0) is 16.7. The minimum absolute atomic E-state index is 0.204. The average Bonchev–Trinajstić information content (AvgIpc) is 3.12. The Morgan fingerprint density at radius 2 is 1.96 bits per heavy atom. The predicted octanol–water partition coefficient (Wildman–Crippen LogP) is 4.29. The van der Waals surface area contributed by atoms with Crippen LogP contribution >= 0.6 is 11.3 Å². The van der Waals surface area contributed by atoms with E-state index in [4.69, 9.17) is 9.47 Å². The summed E-state index contributed by atoms with van der Waals surface area (Å²) in [6.07, 6.45) is 0. The molecule has 7 heteroatoms. The second-order valence-corrected chi connectivity index (χ2v) is 6.63. The van der Waals surface area contributed by atoms with Gasteiger partial charge in [-0.2, -0.15) is 0 Å². The van der Waals surface area contributed by atoms with Gasteiger partial charge in [-0.1, -0.05) is 17.4 Å². The van der Waals surface area contributed by atoms with Crippen LogP contribution in [-0.4, -0.2) is 17.8 Å². The fourth-order valence-corrected chi connectivity index (χ4v) is 3.69. The van der Waals surface area contributed by atoms with Crippen molar-refractivity contribution in [2.45, 2.75) is 13.8 Å². The first-order valence-electron chi connectivity index (χ1n) is 7.44. The Morgan fingerprint density at radius 3 is 2.83 bits per heavy atom. The Kier molecular flexibility index (Phi) is 3.50. The molecule has 2 aromatic carbocycles. The van der Waals surface area contributed by atoms with E-state index in [1.807, 2.05) is 13.8 Å². The molecule has 2 heterocycles. The number of thiazole rings is 1. The third kappa shape index (κ3) is 2.74. The van der Waals surface area contributed by atoms with Crippen molar-refractivity contribution in [2.24, 2.45) is 0 Å². The summed E-state index contributed by atoms with van der Waals surface area (Å²) >= 11 is 1.46. The van der Waals surface area contributed by atoms with Gasteiger partial charge in [-0.25, -0.2) is 9.78 Å². The number of nitrogens with zero attached hydrogens (tertiary/aromatic N) is 1. The summed E-state index contributed by atoms with van der Waals surface area (Å²) in [4.78, 5) is 16.7. The van der Waals surface area contributed by atoms with E-state index in [0.29, 0.717) is 22.3 Å². The van der Waals surface area contributed by atoms with Crippen molar-refractivity contribution >= 4 is 38.4 Å². The fourth-order valence-electron chi connectivity index (χ4n) is 2.66. The van der Waals surface area contributed by atoms with Gasteiger partial charge in [0.1, 0.15) is 0 Å². The summed E-state index contributed by atoms with van der Waals surface area (Å²) in [6, 6.07) is 9.07. The van der Waals surface area contributed by atoms with Crippen molar-refractivity contribution in [3.05, 3.63) is 41.5 Å². The number of aryl methyl sites for hydroxylation is 2. The van der Waals surface area contributed by atoms with Crippen molar-refractivity contribution in [1.29, 1.82) is 0 Å². The van der Waals surface area contributed by atoms with E-state index in [1.165, 1.54) is 16.9 Å². The molecule has 24 heavy (non-hydrogen) atoms. The highest BCUT2D eigenvalue weighted by Gasteiger charge is 2.15. The summed E-state index contributed by atoms with van der Waals surface area (Å²) < 4.78 is 11.6. The maximum atomic E-state index is 12.2. The molecule has 1 aromatic heterocycles. The first-order valence-corrected chi connectivity index (χ1v) is 8.25. The van der Waals surface area contributed by atoms with Gasteiger partial charge in [-0.15, -0.1) is 0 Å². The average molecular weight is 341 g/mol. The lowest BCUT2D eigenvalue weighted by Gasteiger charge is -2.06. The van der Waals surface area contributed by atoms with Crippen molar-refractivity contribution in [3.8, 4) is 11.5 Å². The molecule has 2 N–H and O–H groups in total. The van der Waals surface area contributed by atoms with Gasteiger partial charge in [0.2, 0.25) is 6.79 Å². The van der Waals surface area contributed by atoms with E-state index in [2.05, 4.69) is 27.8 Å². The molecule has 0 unspecified atom stereocenters. The molecule has 0 saturated heterocycles. The maximum absolute atomic E-state index is 12.2. The molecule has 1 aliphatic heterocycles. The minimum Gasteiger partial charge on any atom is -0.454 e. The van der Waals surface area contributed by atoms with Crippen LogP contribution < -0.4 is 20.1 Å². The quantitative estimate of drug-likeness (QED) is 0.729. The lowest BCUT2D eigenvalue weighted by Crippen LogP contribution is -2.19. The molecular weight excluding hydrogens is 326 g/mol. The molecule has 4 rings (SSSR count). The molecule has 0 radical (unpaired) electrons. The van der Waals surface area contributed by atoms with E-state index >= 15 is 0 Å². The van der Waals surface area contributed by atoms with Crippen LogP contribution in [0, 0.1) is 13.8 Å². The zero-order valence-electron chi connectivity index (χ0n) is 13.2. The summed E-state index contributed by atoms with van der Waals surface area (Å²) in [5, 5.41) is 6.12. The lowest BCUT2D eigenvalue weighted by molar-refractivity contribution is 0.174. The number of anilines is 2. The van der Waals surface area contributed by atoms with Crippen LogP contribution in [0.2, 0.25) is 0 Å². The molecule has 0 aliphatic carbocycles. The van der Waals surface area contributed by atoms with Crippen LogP contribution in [0.25, 0.3) is 10.2 Å². The number of carbonyl (C=O) groups is 1. The largest absolute Gasteiger partial charge is 0.454 e. The third-order valence-corrected chi connectivity index (χ3v) is 4.60. The molecule has 0 bridgehead atoms. The van der Waals surface area contributed by atoms with Crippen molar-refractivity contribution in [1.82, 2.24) is 4.98 Å². The Hall–Kier alpha value is -2.80. The zero-order valence-corrected chi connectivity index (χ0v) is 14.0. The van der Waals surface area contributed by atoms with E-state index in [0.717, 1.165) is 15.8 Å². The van der Waals surface area contributed by atoms with Crippen LogP contribution in [0.4, 0.5) is 15.6 Å². The molecule has 0 atom stereocenters. The fraction of sp³-hybridized carbons (Fsp3) is 0.176. The standard InChI is InChI=1S/C17H15N3O3S/c1-9-5-10(2)15-14(6-9)24-17(19-15)20-16(21)18-11-3-4-12-13(7-11)23-8-22-12/h3-7H,8H2,1-2H3,(H2,18,19,20,21). The number of rotatable bonds is 2. The van der Waals surface area contributed by atoms with Crippen molar-refractivity contribution in [2.75, 3.05) is 17.4 Å². The number of urea groups is 1. The first-order chi connectivity index (χ1) is 11.6. The number of fused-ring (bicyclic) bond motifs is 2. The van der Waals surface area contributed by atoms with Gasteiger partial charge in [-0.05, 0) is 43.2 Å². The van der Waals surface area contributed by atoms with Gasteiger partial charge in [0, 0.05) is 11.8 Å². The number of amides is 2. The first kappa shape index (κ1) is 14.8. The van der Waals surface area contributed by atoms with Crippen LogP contribution in [0.15, 0.2) is 30.3 Å². The summed E-state index contributed by atoms with van der Waals surface area (Å²) in [5.41, 5.74) is 3.83. The lowest BCUT2D eigenvalue weighted by atomic mass is 10.1. The number of ether oxygens (including phenoxy) is 2. The summed E-state index contributed by atoms with van der Waals surface area (Å²) in [5.74, 6) is 1.30. The van der Waals surface area contributed by atoms with Gasteiger partial charge >= 0.3 is 6.03 Å². The number of nitrogens with one attached hydrogen (secondary N) is 2. The van der Waals surface area contributed by atoms with Crippen molar-refractivity contribution < 1.29 is 14.3 Å². The highest BCUT2D eigenvalue weighted by atomic mass is 32.1. The normalized spacial score (nSPS) is 12.4. The van der Waals surface area contributed by atoms with Gasteiger partial charge in [-0.3, -0.25) is 5.32 Å². The Morgan fingerprint density at radius 1 is 1.12 bits per heavy atom. The molecule has 0 spiro atoms. The minimum atomic E-state index is -0.345. The molecular formula is C17H15N3O3S. The number of hydrogen-bond acceptors (Lipinski definition) is 5. The van der Waals surface area contributed by atoms with Gasteiger partial charge in [0.15, 0.2) is 16.6 Å². The second kappa shape index (κ2) is 5.68. The van der Waals surface area contributed by atoms with Gasteiger partial charge in [0.05, 0.1) is 10.2 Å². The Balaban J connectivity index is 1.51. The Labute approximate surface area is 142 Å². The predicted molar refractivity (Wildman–Crippen MR) is 94.3 cm³/mol. The van der Waals surface area contributed by atoms with Crippen LogP contribution in [0.5, 0.6) is 11.5 Å². The molecule has 122 valence electrons. The SMILES string of the molecule is Cc1cc(C)c2nc(NC(=O)Nc3ccc4c(c3)OCO4)sc2c1. The molecule has 1 aliphatic rings. The highest BCUT2D eigenvalue weighted by Crippen LogP contribution is 2.34. The Bertz CT molecular complexity index is 952. The number of hydrogen-bond donors (Lipinski definition) is 2. The van der Waals surface area contributed by atoms with Gasteiger partial charge in [0.25, 0.3) is 0 Å². The monoisotopic (exact) mass is 341 g/mol. The summed E-state index contributed by atoms with van der Waals surface area (Å²) in [6.45, 7) is 4.27. The molecule has 0 saturated carbocycles. The van der Waals surface area contributed by atoms with E-state index in [9.17, 15) is 4.79 Å². The molecule has 3 aromatic rings. The topological polar surface area (TPSA) is 72.5 Å². The smallest absolute Gasteiger partial charge is 0.325 e. The van der Waals surface area contributed by atoms with Crippen LogP contribution in [-0.2, 0) is 0 Å². The second-order valence-electron chi connectivity index (χ2n) is 5.59. The number of benzene rings is 2. The van der Waals surface area contributed by atoms with E-state index in [-0.39, 0.29) is 12.8 Å². The van der Waals surface area contributed by atoms with Crippen molar-refractivity contribution in [3.63, 3.8) is 0 Å². The molecule has 6 nitrogen and oxygen atoms in total. The number of carbonyl (C=O) groups excluding carboxylic acids is 1. The van der Waals surface area contributed by atoms with E-state index in [1.54, 1.807) is 18.2 Å². The van der Waals surface area contributed by atoms with Gasteiger partial charge < -0.3 is 14.8 Å². The molecule has 0 fully saturated rings. The van der Waals surface area contributed by atoms with Crippen LogP contribution in [0.1, 0.15) is 11.1 Å². The van der Waals surface area contributed by atoms with E-state index < -0.39 is 0 Å². The third-order valence-electron chi connectivity index (χ3n) is 3.68. The van der Waals surface area contributed by atoms with Crippen LogP contribution in [0.3, 0.4) is 0 Å².